The Morgan fingerprint density at radius 1 is 0.758 bits per heavy atom. The minimum atomic E-state index is -4.99. The molecule has 10 heteroatoms. The van der Waals surface area contributed by atoms with Crippen LogP contribution in [0.15, 0.2) is 83.9 Å². The van der Waals surface area contributed by atoms with Crippen molar-refractivity contribution in [2.45, 2.75) is 18.1 Å². The number of aromatic nitrogens is 2. The standard InChI is InChI=1S/C23H13F6N3O/c24-22(25,26)16-12-10-14(11-13-16)19-31-20-30-17-8-4-5-9-18(17)32(20)21(33-19,23(27,28)29)15-6-2-1-3-7-15/h1-13H/t21-/m1/s1. The molecule has 1 atom stereocenters. The Morgan fingerprint density at radius 2 is 1.39 bits per heavy atom. The van der Waals surface area contributed by atoms with Crippen LogP contribution in [-0.4, -0.2) is 21.6 Å². The molecule has 168 valence electrons. The fourth-order valence-electron chi connectivity index (χ4n) is 3.82. The number of aliphatic imine (C=N–C) groups is 1. The number of hydrogen-bond acceptors (Lipinski definition) is 3. The van der Waals surface area contributed by atoms with Gasteiger partial charge in [0, 0.05) is 11.1 Å². The van der Waals surface area contributed by atoms with Crippen LogP contribution in [0.25, 0.3) is 11.0 Å². The highest BCUT2D eigenvalue weighted by Crippen LogP contribution is 2.49. The monoisotopic (exact) mass is 461 g/mol. The van der Waals surface area contributed by atoms with Gasteiger partial charge in [0.1, 0.15) is 0 Å². The van der Waals surface area contributed by atoms with E-state index >= 15 is 0 Å². The summed E-state index contributed by atoms with van der Waals surface area (Å²) in [6.07, 6.45) is -9.58. The molecule has 1 aromatic heterocycles. The number of fused-ring (bicyclic) bond motifs is 3. The molecule has 0 amide bonds. The van der Waals surface area contributed by atoms with Gasteiger partial charge in [0.25, 0.3) is 0 Å². The molecule has 0 fully saturated rings. The third kappa shape index (κ3) is 3.24. The van der Waals surface area contributed by atoms with Crippen LogP contribution in [0.3, 0.4) is 0 Å². The van der Waals surface area contributed by atoms with Gasteiger partial charge in [0.2, 0.25) is 11.8 Å². The summed E-state index contributed by atoms with van der Waals surface area (Å²) >= 11 is 0. The molecule has 33 heavy (non-hydrogen) atoms. The number of halogens is 6. The van der Waals surface area contributed by atoms with E-state index in [0.717, 1.165) is 28.8 Å². The van der Waals surface area contributed by atoms with Crippen molar-refractivity contribution in [3.63, 3.8) is 0 Å². The SMILES string of the molecule is FC(F)(F)c1ccc(C2=Nc3nc4ccccc4n3[C@@](c3ccccc3)(C(F)(F)F)O2)cc1. The fraction of sp³-hybridized carbons (Fsp3) is 0.130. The smallest absolute Gasteiger partial charge is 0.436 e. The first-order valence-electron chi connectivity index (χ1n) is 9.67. The van der Waals surface area contributed by atoms with Crippen LogP contribution in [0.5, 0.6) is 0 Å². The summed E-state index contributed by atoms with van der Waals surface area (Å²) in [6, 6.07) is 16.7. The number of alkyl halides is 6. The van der Waals surface area contributed by atoms with Crippen molar-refractivity contribution in [1.29, 1.82) is 0 Å². The molecule has 3 aromatic carbocycles. The van der Waals surface area contributed by atoms with Crippen molar-refractivity contribution in [1.82, 2.24) is 9.55 Å². The lowest BCUT2D eigenvalue weighted by Gasteiger charge is -2.40. The molecule has 4 aromatic rings. The quantitative estimate of drug-likeness (QED) is 0.323. The number of imidazole rings is 1. The van der Waals surface area contributed by atoms with Gasteiger partial charge in [-0.3, -0.25) is 4.57 Å². The zero-order valence-electron chi connectivity index (χ0n) is 16.5. The molecule has 2 heterocycles. The van der Waals surface area contributed by atoms with E-state index in [2.05, 4.69) is 9.98 Å². The number of nitrogens with zero attached hydrogens (tertiary/aromatic N) is 3. The van der Waals surface area contributed by atoms with Gasteiger partial charge < -0.3 is 4.74 Å². The van der Waals surface area contributed by atoms with Crippen LogP contribution >= 0.6 is 0 Å². The van der Waals surface area contributed by atoms with E-state index < -0.39 is 29.5 Å². The highest BCUT2D eigenvalue weighted by atomic mass is 19.4. The van der Waals surface area contributed by atoms with Gasteiger partial charge in [0.05, 0.1) is 16.6 Å². The van der Waals surface area contributed by atoms with Gasteiger partial charge in [-0.15, -0.1) is 0 Å². The number of benzene rings is 3. The van der Waals surface area contributed by atoms with Crippen molar-refractivity contribution in [3.05, 3.63) is 95.6 Å². The molecule has 0 spiro atoms. The Morgan fingerprint density at radius 3 is 2.03 bits per heavy atom. The molecule has 1 aliphatic rings. The van der Waals surface area contributed by atoms with Gasteiger partial charge in [-0.1, -0.05) is 42.5 Å². The van der Waals surface area contributed by atoms with Crippen LogP contribution in [0.4, 0.5) is 32.3 Å². The molecular weight excluding hydrogens is 448 g/mol. The van der Waals surface area contributed by atoms with E-state index in [4.69, 9.17) is 4.74 Å². The maximum absolute atomic E-state index is 14.9. The van der Waals surface area contributed by atoms with Gasteiger partial charge >= 0.3 is 18.1 Å². The molecule has 4 nitrogen and oxygen atoms in total. The lowest BCUT2D eigenvalue weighted by atomic mass is 10.00. The topological polar surface area (TPSA) is 39.4 Å². The molecule has 0 N–H and O–H groups in total. The zero-order valence-corrected chi connectivity index (χ0v) is 16.5. The van der Waals surface area contributed by atoms with Crippen molar-refractivity contribution in [3.8, 4) is 0 Å². The van der Waals surface area contributed by atoms with Crippen molar-refractivity contribution >= 4 is 22.9 Å². The molecule has 0 saturated carbocycles. The Balaban J connectivity index is 1.79. The summed E-state index contributed by atoms with van der Waals surface area (Å²) in [5.41, 5.74) is -3.87. The molecule has 0 aliphatic carbocycles. The number of para-hydroxylation sites is 2. The minimum absolute atomic E-state index is 0.0501. The lowest BCUT2D eigenvalue weighted by molar-refractivity contribution is -0.271. The van der Waals surface area contributed by atoms with E-state index in [9.17, 15) is 26.3 Å². The highest BCUT2D eigenvalue weighted by Gasteiger charge is 2.64. The molecule has 0 radical (unpaired) electrons. The summed E-state index contributed by atoms with van der Waals surface area (Å²) in [4.78, 5) is 8.38. The Hall–Kier alpha value is -3.82. The van der Waals surface area contributed by atoms with Gasteiger partial charge in [-0.05, 0) is 36.4 Å². The summed E-state index contributed by atoms with van der Waals surface area (Å²) < 4.78 is 90.0. The maximum Gasteiger partial charge on any atom is 0.454 e. The molecule has 0 unspecified atom stereocenters. The van der Waals surface area contributed by atoms with Crippen molar-refractivity contribution in [2.75, 3.05) is 0 Å². The molecule has 1 aliphatic heterocycles. The Bertz CT molecular complexity index is 1360. The average molecular weight is 461 g/mol. The predicted octanol–water partition coefficient (Wildman–Crippen LogP) is 6.43. The van der Waals surface area contributed by atoms with E-state index in [1.165, 1.54) is 30.3 Å². The summed E-state index contributed by atoms with van der Waals surface area (Å²) in [5.74, 6) is -0.772. The predicted molar refractivity (Wildman–Crippen MR) is 108 cm³/mol. The van der Waals surface area contributed by atoms with E-state index in [1.807, 2.05) is 0 Å². The summed E-state index contributed by atoms with van der Waals surface area (Å²) in [5, 5.41) is 0. The molecule has 0 saturated heterocycles. The van der Waals surface area contributed by atoms with Crippen LogP contribution in [0.2, 0.25) is 0 Å². The summed E-state index contributed by atoms with van der Waals surface area (Å²) in [7, 11) is 0. The van der Waals surface area contributed by atoms with Gasteiger partial charge in [-0.2, -0.15) is 31.3 Å². The first kappa shape index (κ1) is 21.0. The first-order valence-corrected chi connectivity index (χ1v) is 9.67. The highest BCUT2D eigenvalue weighted by molar-refractivity contribution is 5.97. The minimum Gasteiger partial charge on any atom is -0.436 e. The average Bonchev–Trinajstić information content (AvgIpc) is 3.16. The van der Waals surface area contributed by atoms with Crippen molar-refractivity contribution in [2.24, 2.45) is 4.99 Å². The molecule has 0 bridgehead atoms. The fourth-order valence-corrected chi connectivity index (χ4v) is 3.82. The second-order valence-corrected chi connectivity index (χ2v) is 7.34. The zero-order chi connectivity index (χ0) is 23.4. The lowest BCUT2D eigenvalue weighted by Crippen LogP contribution is -2.53. The second kappa shape index (κ2) is 7.09. The maximum atomic E-state index is 14.9. The number of ether oxygens (including phenoxy) is 1. The second-order valence-electron chi connectivity index (χ2n) is 7.34. The molecular formula is C23H13F6N3O. The normalized spacial score (nSPS) is 18.5. The van der Waals surface area contributed by atoms with Crippen LogP contribution < -0.4 is 0 Å². The summed E-state index contributed by atoms with van der Waals surface area (Å²) in [6.45, 7) is 0. The van der Waals surface area contributed by atoms with Crippen molar-refractivity contribution < 1.29 is 31.1 Å². The number of rotatable bonds is 2. The third-order valence-corrected chi connectivity index (χ3v) is 5.31. The van der Waals surface area contributed by atoms with Gasteiger partial charge in [-0.25, -0.2) is 4.98 Å². The van der Waals surface area contributed by atoms with Crippen LogP contribution in [-0.2, 0) is 16.6 Å². The van der Waals surface area contributed by atoms with Crippen LogP contribution in [0, 0.1) is 0 Å². The first-order chi connectivity index (χ1) is 15.6. The van der Waals surface area contributed by atoms with Gasteiger partial charge in [0.15, 0.2) is 0 Å². The Kier molecular flexibility index (Phi) is 4.52. The van der Waals surface area contributed by atoms with E-state index in [-0.39, 0.29) is 28.1 Å². The third-order valence-electron chi connectivity index (χ3n) is 5.31. The van der Waals surface area contributed by atoms with E-state index in [1.54, 1.807) is 24.3 Å². The molecule has 5 rings (SSSR count). The van der Waals surface area contributed by atoms with Crippen LogP contribution in [0.1, 0.15) is 16.7 Å². The van der Waals surface area contributed by atoms with E-state index in [0.29, 0.717) is 0 Å². The largest absolute Gasteiger partial charge is 0.454 e. The number of hydrogen-bond donors (Lipinski definition) is 0. The Labute approximate surface area is 182 Å².